The Bertz CT molecular complexity index is 746. The second-order valence-electron chi connectivity index (χ2n) is 5.57. The fourth-order valence-electron chi connectivity index (χ4n) is 2.82. The van der Waals surface area contributed by atoms with E-state index in [4.69, 9.17) is 4.74 Å². The predicted octanol–water partition coefficient (Wildman–Crippen LogP) is 2.94. The van der Waals surface area contributed by atoms with Crippen molar-refractivity contribution in [2.45, 2.75) is 33.2 Å². The third-order valence-corrected chi connectivity index (χ3v) is 3.84. The predicted molar refractivity (Wildman–Crippen MR) is 87.4 cm³/mol. The van der Waals surface area contributed by atoms with Gasteiger partial charge in [0.2, 0.25) is 5.95 Å². The first-order chi connectivity index (χ1) is 11.1. The van der Waals surface area contributed by atoms with E-state index in [0.29, 0.717) is 18.1 Å². The van der Waals surface area contributed by atoms with E-state index < -0.39 is 0 Å². The van der Waals surface area contributed by atoms with Gasteiger partial charge in [0.1, 0.15) is 18.1 Å². The van der Waals surface area contributed by atoms with Gasteiger partial charge in [-0.15, -0.1) is 0 Å². The molecule has 2 heterocycles. The highest BCUT2D eigenvalue weighted by Gasteiger charge is 2.31. The number of rotatable bonds is 5. The first kappa shape index (κ1) is 15.3. The Hall–Kier alpha value is -2.63. The second-order valence-corrected chi connectivity index (χ2v) is 5.57. The molecule has 0 saturated heterocycles. The Morgan fingerprint density at radius 1 is 1.35 bits per heavy atom. The van der Waals surface area contributed by atoms with Crippen molar-refractivity contribution < 1.29 is 9.53 Å². The molecule has 1 atom stereocenters. The highest BCUT2D eigenvalue weighted by Crippen LogP contribution is 2.35. The molecule has 0 spiro atoms. The summed E-state index contributed by atoms with van der Waals surface area (Å²) in [6.07, 6.45) is 2.46. The summed E-state index contributed by atoms with van der Waals surface area (Å²) in [4.78, 5) is 16.4. The number of ether oxygens (including phenoxy) is 1. The topological polar surface area (TPSA) is 69.0 Å². The maximum Gasteiger partial charge on any atom is 0.226 e. The maximum absolute atomic E-state index is 12.1. The number of aromatic nitrogens is 3. The van der Waals surface area contributed by atoms with Gasteiger partial charge in [0, 0.05) is 11.3 Å². The number of carbonyl (C=O) groups is 1. The number of Topliss-reactive ketones (excluding diaryl/α,β-unsaturated/α-hetero) is 1. The maximum atomic E-state index is 12.1. The molecular formula is C17H20N4O2. The smallest absolute Gasteiger partial charge is 0.226 e. The van der Waals surface area contributed by atoms with Gasteiger partial charge < -0.3 is 10.1 Å². The van der Waals surface area contributed by atoms with E-state index in [2.05, 4.69) is 22.3 Å². The Balaban J connectivity index is 2.00. The van der Waals surface area contributed by atoms with E-state index >= 15 is 0 Å². The molecule has 120 valence electrons. The van der Waals surface area contributed by atoms with Crippen LogP contribution in [0.1, 0.15) is 38.8 Å². The minimum Gasteiger partial charge on any atom is -0.494 e. The number of fused-ring (bicyclic) bond motifs is 1. The van der Waals surface area contributed by atoms with Crippen LogP contribution < -0.4 is 10.1 Å². The first-order valence-electron chi connectivity index (χ1n) is 7.72. The summed E-state index contributed by atoms with van der Waals surface area (Å²) in [5, 5.41) is 7.41. The summed E-state index contributed by atoms with van der Waals surface area (Å²) in [6.45, 7) is 6.23. The highest BCUT2D eigenvalue weighted by molar-refractivity contribution is 5.96. The number of nitrogens with one attached hydrogen (secondary N) is 1. The third-order valence-electron chi connectivity index (χ3n) is 3.84. The molecule has 6 nitrogen and oxygen atoms in total. The lowest BCUT2D eigenvalue weighted by Crippen LogP contribution is -2.27. The minimum atomic E-state index is -0.272. The van der Waals surface area contributed by atoms with Crippen molar-refractivity contribution in [1.29, 1.82) is 0 Å². The van der Waals surface area contributed by atoms with Crippen LogP contribution in [0.2, 0.25) is 0 Å². The average molecular weight is 312 g/mol. The van der Waals surface area contributed by atoms with Crippen molar-refractivity contribution in [3.63, 3.8) is 0 Å². The van der Waals surface area contributed by atoms with Gasteiger partial charge >= 0.3 is 0 Å². The molecule has 2 aromatic rings. The molecular weight excluding hydrogens is 292 g/mol. The van der Waals surface area contributed by atoms with E-state index in [1.807, 2.05) is 31.2 Å². The quantitative estimate of drug-likeness (QED) is 0.919. The summed E-state index contributed by atoms with van der Waals surface area (Å²) in [5.41, 5.74) is 2.49. The van der Waals surface area contributed by atoms with E-state index in [1.165, 1.54) is 6.33 Å². The zero-order chi connectivity index (χ0) is 16.4. The van der Waals surface area contributed by atoms with Crippen LogP contribution in [0, 0.1) is 0 Å². The van der Waals surface area contributed by atoms with Crippen LogP contribution in [-0.4, -0.2) is 27.2 Å². The van der Waals surface area contributed by atoms with Gasteiger partial charge in [0.25, 0.3) is 0 Å². The number of allylic oxidation sites excluding steroid dienone is 2. The van der Waals surface area contributed by atoms with Crippen LogP contribution in [0.4, 0.5) is 5.95 Å². The number of nitrogens with zero attached hydrogens (tertiary/aromatic N) is 3. The number of hydrogen-bond acceptors (Lipinski definition) is 5. The normalized spacial score (nSPS) is 16.7. The van der Waals surface area contributed by atoms with Gasteiger partial charge in [-0.3, -0.25) is 4.79 Å². The number of hydrogen-bond donors (Lipinski definition) is 1. The molecule has 0 bridgehead atoms. The van der Waals surface area contributed by atoms with Crippen LogP contribution in [0.15, 0.2) is 41.9 Å². The van der Waals surface area contributed by atoms with Gasteiger partial charge in [0.05, 0.1) is 6.61 Å². The standard InChI is InChI=1S/C17H20N4O2/c1-4-9-23-14-7-5-13(6-8-14)16-15(12(3)22)11(2)20-17-18-10-19-21(16)17/h5-8,10,16H,4,9H2,1-3H3,(H,18,19,20). The van der Waals surface area contributed by atoms with Crippen molar-refractivity contribution in [3.8, 4) is 5.75 Å². The van der Waals surface area contributed by atoms with Gasteiger partial charge in [-0.1, -0.05) is 19.1 Å². The summed E-state index contributed by atoms with van der Waals surface area (Å²) in [6, 6.07) is 7.53. The van der Waals surface area contributed by atoms with E-state index in [1.54, 1.807) is 11.6 Å². The fourth-order valence-corrected chi connectivity index (χ4v) is 2.82. The van der Waals surface area contributed by atoms with Gasteiger partial charge in [-0.2, -0.15) is 10.1 Å². The molecule has 1 aromatic carbocycles. The molecule has 3 rings (SSSR count). The van der Waals surface area contributed by atoms with Crippen molar-refractivity contribution in [2.24, 2.45) is 0 Å². The van der Waals surface area contributed by atoms with Crippen molar-refractivity contribution in [3.05, 3.63) is 47.4 Å². The molecule has 0 saturated carbocycles. The molecule has 6 heteroatoms. The molecule has 1 aliphatic rings. The average Bonchev–Trinajstić information content (AvgIpc) is 2.99. The summed E-state index contributed by atoms with van der Waals surface area (Å²) in [7, 11) is 0. The number of anilines is 1. The highest BCUT2D eigenvalue weighted by atomic mass is 16.5. The number of benzene rings is 1. The van der Waals surface area contributed by atoms with Crippen LogP contribution >= 0.6 is 0 Å². The molecule has 0 fully saturated rings. The first-order valence-corrected chi connectivity index (χ1v) is 7.72. The number of ketones is 1. The summed E-state index contributed by atoms with van der Waals surface area (Å²) in [5.74, 6) is 1.49. The molecule has 0 amide bonds. The van der Waals surface area contributed by atoms with Gasteiger partial charge in [0.15, 0.2) is 5.78 Å². The lowest BCUT2D eigenvalue weighted by Gasteiger charge is -2.28. The molecule has 1 N–H and O–H groups in total. The Labute approximate surface area is 135 Å². The zero-order valence-corrected chi connectivity index (χ0v) is 13.5. The molecule has 0 radical (unpaired) electrons. The van der Waals surface area contributed by atoms with Crippen LogP contribution in [0.5, 0.6) is 5.75 Å². The molecule has 1 aromatic heterocycles. The van der Waals surface area contributed by atoms with E-state index in [-0.39, 0.29) is 11.8 Å². The second kappa shape index (κ2) is 6.24. The van der Waals surface area contributed by atoms with Crippen molar-refractivity contribution in [2.75, 3.05) is 11.9 Å². The van der Waals surface area contributed by atoms with Crippen LogP contribution in [0.25, 0.3) is 0 Å². The van der Waals surface area contributed by atoms with E-state index in [0.717, 1.165) is 23.4 Å². The van der Waals surface area contributed by atoms with Gasteiger partial charge in [-0.05, 0) is 38.0 Å². The number of carbonyl (C=O) groups excluding carboxylic acids is 1. The van der Waals surface area contributed by atoms with Gasteiger partial charge in [-0.25, -0.2) is 4.68 Å². The molecule has 23 heavy (non-hydrogen) atoms. The minimum absolute atomic E-state index is 0.0208. The largest absolute Gasteiger partial charge is 0.494 e. The van der Waals surface area contributed by atoms with Crippen molar-refractivity contribution >= 4 is 11.7 Å². The Morgan fingerprint density at radius 2 is 2.09 bits per heavy atom. The summed E-state index contributed by atoms with van der Waals surface area (Å²) < 4.78 is 7.36. The third kappa shape index (κ3) is 2.84. The van der Waals surface area contributed by atoms with E-state index in [9.17, 15) is 4.79 Å². The summed E-state index contributed by atoms with van der Waals surface area (Å²) >= 11 is 0. The lowest BCUT2D eigenvalue weighted by molar-refractivity contribution is -0.114. The molecule has 1 unspecified atom stereocenters. The van der Waals surface area contributed by atoms with Crippen LogP contribution in [-0.2, 0) is 4.79 Å². The Morgan fingerprint density at radius 3 is 2.74 bits per heavy atom. The SMILES string of the molecule is CCCOc1ccc(C2C(C(C)=O)=C(C)Nc3ncnn32)cc1. The fraction of sp³-hybridized carbons (Fsp3) is 0.353. The lowest BCUT2D eigenvalue weighted by atomic mass is 9.93. The van der Waals surface area contributed by atoms with Crippen molar-refractivity contribution in [1.82, 2.24) is 14.8 Å². The zero-order valence-electron chi connectivity index (χ0n) is 13.5. The molecule has 0 aliphatic carbocycles. The monoisotopic (exact) mass is 312 g/mol. The Kier molecular flexibility index (Phi) is 4.14. The molecule has 1 aliphatic heterocycles. The van der Waals surface area contributed by atoms with Crippen LogP contribution in [0.3, 0.4) is 0 Å².